The lowest BCUT2D eigenvalue weighted by atomic mass is 9.99. The molecule has 2 aromatic carbocycles. The monoisotopic (exact) mass is 498 g/mol. The van der Waals surface area contributed by atoms with E-state index in [1.54, 1.807) is 12.2 Å². The Balaban J connectivity index is 1.73. The van der Waals surface area contributed by atoms with E-state index in [2.05, 4.69) is 0 Å². The van der Waals surface area contributed by atoms with Crippen molar-refractivity contribution in [2.45, 2.75) is 57.1 Å². The zero-order chi connectivity index (χ0) is 25.9. The minimum Gasteiger partial charge on any atom is -0.508 e. The summed E-state index contributed by atoms with van der Waals surface area (Å²) in [5, 5.41) is 51.0. The lowest BCUT2D eigenvalue weighted by Gasteiger charge is -2.38. The number of aliphatic hydroxyl groups excluding tert-OH is 3. The van der Waals surface area contributed by atoms with Gasteiger partial charge in [-0.2, -0.15) is 0 Å². The first kappa shape index (κ1) is 24.1. The van der Waals surface area contributed by atoms with E-state index in [1.165, 1.54) is 37.3 Å². The highest BCUT2D eigenvalue weighted by atomic mass is 16.7. The Morgan fingerprint density at radius 1 is 1.00 bits per heavy atom. The smallest absolute Gasteiger partial charge is 0.239 e. The number of ether oxygens (including phenoxy) is 3. The molecule has 0 spiro atoms. The van der Waals surface area contributed by atoms with Gasteiger partial charge in [-0.1, -0.05) is 0 Å². The van der Waals surface area contributed by atoms with Gasteiger partial charge in [0.1, 0.15) is 46.5 Å². The Labute approximate surface area is 205 Å². The predicted octanol–water partition coefficient (Wildman–Crippen LogP) is 2.26. The molecule has 3 aromatic rings. The highest BCUT2D eigenvalue weighted by Crippen LogP contribution is 2.43. The normalized spacial score (nSPS) is 26.9. The third-order valence-corrected chi connectivity index (χ3v) is 6.30. The van der Waals surface area contributed by atoms with Crippen molar-refractivity contribution in [2.75, 3.05) is 0 Å². The zero-order valence-corrected chi connectivity index (χ0v) is 19.7. The Kier molecular flexibility index (Phi) is 5.72. The van der Waals surface area contributed by atoms with Gasteiger partial charge in [0, 0.05) is 11.6 Å². The van der Waals surface area contributed by atoms with Crippen LogP contribution in [0.2, 0.25) is 0 Å². The number of rotatable bonds is 3. The van der Waals surface area contributed by atoms with Gasteiger partial charge in [-0.3, -0.25) is 4.79 Å². The molecule has 2 aliphatic rings. The van der Waals surface area contributed by atoms with Crippen LogP contribution in [0.3, 0.4) is 0 Å². The van der Waals surface area contributed by atoms with Gasteiger partial charge >= 0.3 is 0 Å². The van der Waals surface area contributed by atoms with E-state index in [0.29, 0.717) is 16.9 Å². The molecule has 0 radical (unpaired) electrons. The van der Waals surface area contributed by atoms with E-state index in [0.717, 1.165) is 0 Å². The van der Waals surface area contributed by atoms with E-state index in [-0.39, 0.29) is 22.5 Å². The Morgan fingerprint density at radius 2 is 1.69 bits per heavy atom. The van der Waals surface area contributed by atoms with Gasteiger partial charge in [0.15, 0.2) is 11.3 Å². The number of hydrogen-bond donors (Lipinski definition) is 5. The molecule has 36 heavy (non-hydrogen) atoms. The van der Waals surface area contributed by atoms with Crippen LogP contribution in [0.1, 0.15) is 26.3 Å². The zero-order valence-electron chi connectivity index (χ0n) is 19.7. The van der Waals surface area contributed by atoms with Crippen LogP contribution < -0.4 is 14.9 Å². The van der Waals surface area contributed by atoms with Gasteiger partial charge in [0.2, 0.25) is 17.5 Å². The average Bonchev–Trinajstić information content (AvgIpc) is 2.82. The fourth-order valence-electron chi connectivity index (χ4n) is 4.31. The van der Waals surface area contributed by atoms with E-state index < -0.39 is 53.2 Å². The second-order valence-corrected chi connectivity index (χ2v) is 9.49. The van der Waals surface area contributed by atoms with Crippen LogP contribution in [0, 0.1) is 0 Å². The highest BCUT2D eigenvalue weighted by molar-refractivity contribution is 5.95. The van der Waals surface area contributed by atoms with Crippen molar-refractivity contribution >= 4 is 17.0 Å². The van der Waals surface area contributed by atoms with Gasteiger partial charge in [-0.05, 0) is 57.2 Å². The maximum Gasteiger partial charge on any atom is 0.239 e. The third kappa shape index (κ3) is 3.97. The molecule has 1 fully saturated rings. The molecule has 1 saturated heterocycles. The molecular weight excluding hydrogens is 472 g/mol. The molecule has 10 nitrogen and oxygen atoms in total. The molecule has 0 amide bonds. The van der Waals surface area contributed by atoms with Gasteiger partial charge in [0.25, 0.3) is 0 Å². The fourth-order valence-corrected chi connectivity index (χ4v) is 4.31. The highest BCUT2D eigenvalue weighted by Gasteiger charge is 2.44. The molecule has 10 heteroatoms. The number of phenols is 2. The molecule has 5 N–H and O–H groups in total. The van der Waals surface area contributed by atoms with Crippen molar-refractivity contribution in [3.05, 3.63) is 52.2 Å². The molecule has 0 aliphatic carbocycles. The summed E-state index contributed by atoms with van der Waals surface area (Å²) in [6.07, 6.45) is -3.56. The number of aromatic hydroxyl groups is 2. The van der Waals surface area contributed by atoms with Gasteiger partial charge in [0.05, 0.1) is 11.7 Å². The first-order valence-corrected chi connectivity index (χ1v) is 11.4. The second-order valence-electron chi connectivity index (χ2n) is 9.49. The lowest BCUT2D eigenvalue weighted by molar-refractivity contribution is -0.268. The van der Waals surface area contributed by atoms with Crippen LogP contribution in [-0.2, 0) is 4.74 Å². The van der Waals surface area contributed by atoms with Crippen LogP contribution in [0.5, 0.6) is 23.0 Å². The Hall–Kier alpha value is -3.57. The van der Waals surface area contributed by atoms with Crippen LogP contribution in [0.4, 0.5) is 0 Å². The molecule has 1 aromatic heterocycles. The predicted molar refractivity (Wildman–Crippen MR) is 128 cm³/mol. The largest absolute Gasteiger partial charge is 0.508 e. The molecule has 3 heterocycles. The first-order valence-electron chi connectivity index (χ1n) is 11.4. The summed E-state index contributed by atoms with van der Waals surface area (Å²) in [4.78, 5) is 13.7. The number of phenolic OH excluding ortho intramolecular Hbond substituents is 2. The van der Waals surface area contributed by atoms with Crippen molar-refractivity contribution in [3.8, 4) is 34.3 Å². The summed E-state index contributed by atoms with van der Waals surface area (Å²) >= 11 is 0. The fraction of sp³-hybridized carbons (Fsp3) is 0.346. The molecule has 0 bridgehead atoms. The van der Waals surface area contributed by atoms with Gasteiger partial charge in [-0.15, -0.1) is 0 Å². The summed E-state index contributed by atoms with van der Waals surface area (Å²) in [6.45, 7) is 5.15. The van der Waals surface area contributed by atoms with Crippen LogP contribution >= 0.6 is 0 Å². The van der Waals surface area contributed by atoms with Gasteiger partial charge < -0.3 is 44.2 Å². The number of hydrogen-bond acceptors (Lipinski definition) is 10. The van der Waals surface area contributed by atoms with E-state index in [4.69, 9.17) is 18.6 Å². The summed E-state index contributed by atoms with van der Waals surface area (Å²) in [7, 11) is 0. The van der Waals surface area contributed by atoms with Crippen molar-refractivity contribution in [2.24, 2.45) is 0 Å². The van der Waals surface area contributed by atoms with Gasteiger partial charge in [-0.25, -0.2) is 0 Å². The SMILES string of the molecule is C[C@@H]1O[C@H](Oc2c(-c3ccc(O)cc3)oc3c4c(cc(O)c3c2=O)OC(C)(C)C=C4)[C@H](O)[C@H](O)[C@H]1O. The Bertz CT molecular complexity index is 1410. The molecular formula is C26H26O10. The van der Waals surface area contributed by atoms with Crippen molar-refractivity contribution in [1.29, 1.82) is 0 Å². The standard InChI is InChI=1S/C26H26O10/c1-11-18(29)20(31)21(32)25(33-11)35-24-19(30)17-15(28)10-16-14(8-9-26(2,3)36-16)23(17)34-22(24)12-4-6-13(27)7-5-12/h4-11,18,20-21,25,27-29,31-32H,1-3H3/t11-,18-,20+,21+,25+/m0/s1. The minimum absolute atomic E-state index is 0.0186. The molecule has 0 saturated carbocycles. The Morgan fingerprint density at radius 3 is 2.39 bits per heavy atom. The topological polar surface area (TPSA) is 159 Å². The lowest BCUT2D eigenvalue weighted by Crippen LogP contribution is -2.58. The molecule has 5 rings (SSSR count). The molecule has 190 valence electrons. The maximum atomic E-state index is 13.7. The number of fused-ring (bicyclic) bond motifs is 3. The third-order valence-electron chi connectivity index (χ3n) is 6.30. The van der Waals surface area contributed by atoms with E-state index >= 15 is 0 Å². The van der Waals surface area contributed by atoms with Crippen LogP contribution in [0.15, 0.2) is 45.6 Å². The number of benzene rings is 2. The first-order chi connectivity index (χ1) is 17.0. The van der Waals surface area contributed by atoms with Crippen molar-refractivity contribution in [3.63, 3.8) is 0 Å². The van der Waals surface area contributed by atoms with Crippen molar-refractivity contribution in [1.82, 2.24) is 0 Å². The molecule has 2 aliphatic heterocycles. The quantitative estimate of drug-likeness (QED) is 0.363. The average molecular weight is 498 g/mol. The summed E-state index contributed by atoms with van der Waals surface area (Å²) in [6, 6.07) is 7.09. The summed E-state index contributed by atoms with van der Waals surface area (Å²) in [5.41, 5.74) is -0.578. The molecule has 0 unspecified atom stereocenters. The van der Waals surface area contributed by atoms with Crippen molar-refractivity contribution < 1.29 is 44.2 Å². The second kappa shape index (κ2) is 8.52. The maximum absolute atomic E-state index is 13.7. The summed E-state index contributed by atoms with van der Waals surface area (Å²) in [5.74, 6) is -0.570. The van der Waals surface area contributed by atoms with Crippen LogP contribution in [-0.4, -0.2) is 61.8 Å². The number of aliphatic hydroxyl groups is 3. The summed E-state index contributed by atoms with van der Waals surface area (Å²) < 4.78 is 23.4. The molecule has 5 atom stereocenters. The van der Waals surface area contributed by atoms with Crippen LogP contribution in [0.25, 0.3) is 28.4 Å². The minimum atomic E-state index is -1.69. The van der Waals surface area contributed by atoms with E-state index in [9.17, 15) is 30.3 Å². The van der Waals surface area contributed by atoms with E-state index in [1.807, 2.05) is 13.8 Å².